The molecule has 0 spiro atoms. The molecule has 1 fully saturated rings. The molecule has 0 atom stereocenters. The molecule has 3 heterocycles. The van der Waals surface area contributed by atoms with Crippen molar-refractivity contribution in [3.05, 3.63) is 59.4 Å². The summed E-state index contributed by atoms with van der Waals surface area (Å²) in [6.45, 7) is 3.53. The minimum Gasteiger partial charge on any atom is -0.363 e. The minimum atomic E-state index is -1.15. The summed E-state index contributed by atoms with van der Waals surface area (Å²) in [6.07, 6.45) is 1.38. The summed E-state index contributed by atoms with van der Waals surface area (Å²) in [5, 5.41) is 3.76. The third-order valence-corrected chi connectivity index (χ3v) is 4.92. The zero-order chi connectivity index (χ0) is 20.4. The summed E-state index contributed by atoms with van der Waals surface area (Å²) in [7, 11) is 0. The van der Waals surface area contributed by atoms with Gasteiger partial charge in [-0.05, 0) is 11.6 Å². The topological polar surface area (TPSA) is 123 Å². The highest BCUT2D eigenvalue weighted by Gasteiger charge is 2.25. The van der Waals surface area contributed by atoms with Gasteiger partial charge in [0.2, 0.25) is 0 Å². The molecule has 2 amide bonds. The molecule has 1 aliphatic heterocycles. The maximum Gasteiger partial charge on any atom is 0.291 e. The lowest BCUT2D eigenvalue weighted by molar-refractivity contribution is -0.114. The first kappa shape index (κ1) is 18.8. The Morgan fingerprint density at radius 2 is 1.79 bits per heavy atom. The predicted molar refractivity (Wildman–Crippen MR) is 103 cm³/mol. The summed E-state index contributed by atoms with van der Waals surface area (Å²) in [6, 6.07) is 11.7. The van der Waals surface area contributed by atoms with Crippen LogP contribution in [-0.4, -0.2) is 63.7 Å². The molecule has 9 nitrogen and oxygen atoms in total. The van der Waals surface area contributed by atoms with Crippen molar-refractivity contribution in [3.8, 4) is 0 Å². The number of aromatic nitrogens is 2. The Bertz CT molecular complexity index is 1070. The van der Waals surface area contributed by atoms with Crippen LogP contribution in [0.2, 0.25) is 0 Å². The van der Waals surface area contributed by atoms with Crippen molar-refractivity contribution in [1.29, 1.82) is 0 Å². The Balaban J connectivity index is 1.46. The Kier molecular flexibility index (Phi) is 5.05. The number of piperazine rings is 1. The van der Waals surface area contributed by atoms with Crippen LogP contribution < -0.4 is 5.73 Å². The van der Waals surface area contributed by atoms with Crippen LogP contribution in [0.5, 0.6) is 0 Å². The second-order valence-electron chi connectivity index (χ2n) is 6.86. The van der Waals surface area contributed by atoms with Crippen molar-refractivity contribution in [3.63, 3.8) is 0 Å². The molecule has 1 aromatic carbocycles. The monoisotopic (exact) mass is 393 g/mol. The van der Waals surface area contributed by atoms with E-state index in [0.29, 0.717) is 18.7 Å². The van der Waals surface area contributed by atoms with Crippen molar-refractivity contribution in [2.24, 2.45) is 5.73 Å². The lowest BCUT2D eigenvalue weighted by atomic mass is 10.1. The number of carbonyl (C=O) groups excluding carboxylic acids is 3. The van der Waals surface area contributed by atoms with Crippen LogP contribution in [0.25, 0.3) is 11.1 Å². The van der Waals surface area contributed by atoms with Crippen LogP contribution in [0, 0.1) is 0 Å². The largest absolute Gasteiger partial charge is 0.363 e. The first-order valence-electron chi connectivity index (χ1n) is 9.18. The predicted octanol–water partition coefficient (Wildman–Crippen LogP) is 0.849. The highest BCUT2D eigenvalue weighted by molar-refractivity contribution is 6.43. The number of benzene rings is 1. The third-order valence-electron chi connectivity index (χ3n) is 4.92. The molecule has 1 saturated heterocycles. The van der Waals surface area contributed by atoms with Gasteiger partial charge in [-0.1, -0.05) is 35.5 Å². The second-order valence-corrected chi connectivity index (χ2v) is 6.86. The molecule has 9 heteroatoms. The molecule has 1 aliphatic rings. The lowest BCUT2D eigenvalue weighted by Crippen LogP contribution is -2.48. The average Bonchev–Trinajstić information content (AvgIpc) is 3.17. The van der Waals surface area contributed by atoms with Crippen molar-refractivity contribution in [2.75, 3.05) is 26.2 Å². The molecule has 0 aliphatic carbocycles. The van der Waals surface area contributed by atoms with Crippen LogP contribution in [0.1, 0.15) is 26.4 Å². The molecule has 0 saturated carbocycles. The standard InChI is InChI=1S/C20H19N5O4/c21-18(27)17(26)16-15-10-14(11-22-19(15)29-23-16)20(28)25-8-6-24(7-9-25)12-13-4-2-1-3-5-13/h1-5,10-11H,6-9,12H2,(H2,21,27). The molecular weight excluding hydrogens is 374 g/mol. The highest BCUT2D eigenvalue weighted by Crippen LogP contribution is 2.20. The summed E-state index contributed by atoms with van der Waals surface area (Å²) in [4.78, 5) is 44.0. The SMILES string of the molecule is NC(=O)C(=O)c1noc2ncc(C(=O)N3CCN(Cc4ccccc4)CC3)cc12. The maximum absolute atomic E-state index is 12.9. The summed E-state index contributed by atoms with van der Waals surface area (Å²) >= 11 is 0. The van der Waals surface area contributed by atoms with Crippen molar-refractivity contribution in [1.82, 2.24) is 19.9 Å². The molecule has 0 unspecified atom stereocenters. The van der Waals surface area contributed by atoms with Gasteiger partial charge in [-0.15, -0.1) is 0 Å². The van der Waals surface area contributed by atoms with Gasteiger partial charge in [0.25, 0.3) is 23.3 Å². The molecule has 29 heavy (non-hydrogen) atoms. The second kappa shape index (κ2) is 7.80. The number of ketones is 1. The van der Waals surface area contributed by atoms with E-state index in [0.717, 1.165) is 19.6 Å². The van der Waals surface area contributed by atoms with Crippen molar-refractivity contribution in [2.45, 2.75) is 6.54 Å². The minimum absolute atomic E-state index is 0.0684. The molecule has 0 bridgehead atoms. The van der Waals surface area contributed by atoms with Crippen LogP contribution in [0.15, 0.2) is 47.1 Å². The Hall–Kier alpha value is -3.59. The van der Waals surface area contributed by atoms with E-state index in [9.17, 15) is 14.4 Å². The number of nitrogens with zero attached hydrogens (tertiary/aromatic N) is 4. The molecule has 2 N–H and O–H groups in total. The van der Waals surface area contributed by atoms with Gasteiger partial charge >= 0.3 is 0 Å². The Morgan fingerprint density at radius 1 is 1.07 bits per heavy atom. The van der Waals surface area contributed by atoms with Gasteiger partial charge in [0.1, 0.15) is 0 Å². The van der Waals surface area contributed by atoms with Crippen LogP contribution in [-0.2, 0) is 11.3 Å². The number of nitrogens with two attached hydrogens (primary N) is 1. The fraction of sp³-hybridized carbons (Fsp3) is 0.250. The van der Waals surface area contributed by atoms with Crippen LogP contribution in [0.4, 0.5) is 0 Å². The van der Waals surface area contributed by atoms with Crippen LogP contribution in [0.3, 0.4) is 0 Å². The number of rotatable bonds is 5. The van der Waals surface area contributed by atoms with E-state index in [2.05, 4.69) is 27.2 Å². The fourth-order valence-corrected chi connectivity index (χ4v) is 3.36. The summed E-state index contributed by atoms with van der Waals surface area (Å²) in [5.74, 6) is -2.33. The summed E-state index contributed by atoms with van der Waals surface area (Å²) < 4.78 is 4.95. The first-order chi connectivity index (χ1) is 14.0. The van der Waals surface area contributed by atoms with Gasteiger partial charge in [-0.2, -0.15) is 0 Å². The van der Waals surface area contributed by atoms with Crippen molar-refractivity contribution < 1.29 is 18.9 Å². The first-order valence-corrected chi connectivity index (χ1v) is 9.18. The number of pyridine rings is 1. The van der Waals surface area contributed by atoms with E-state index >= 15 is 0 Å². The number of primary amides is 1. The number of hydrogen-bond donors (Lipinski definition) is 1. The molecule has 0 radical (unpaired) electrons. The molecule has 4 rings (SSSR count). The number of fused-ring (bicyclic) bond motifs is 1. The van der Waals surface area contributed by atoms with E-state index in [4.69, 9.17) is 10.3 Å². The highest BCUT2D eigenvalue weighted by atomic mass is 16.5. The molecule has 3 aromatic rings. The smallest absolute Gasteiger partial charge is 0.291 e. The zero-order valence-electron chi connectivity index (χ0n) is 15.6. The normalized spacial score (nSPS) is 14.8. The fourth-order valence-electron chi connectivity index (χ4n) is 3.36. The zero-order valence-corrected chi connectivity index (χ0v) is 15.6. The summed E-state index contributed by atoms with van der Waals surface area (Å²) in [5.41, 5.74) is 6.40. The van der Waals surface area contributed by atoms with Gasteiger partial charge < -0.3 is 15.2 Å². The third kappa shape index (κ3) is 3.85. The van der Waals surface area contributed by atoms with E-state index in [1.54, 1.807) is 4.90 Å². The Labute approximate surface area is 166 Å². The number of Topliss-reactive ketones (excluding diaryl/α,β-unsaturated/α-hetero) is 1. The quantitative estimate of drug-likeness (QED) is 0.503. The van der Waals surface area contributed by atoms with Gasteiger partial charge in [0.05, 0.1) is 10.9 Å². The molecule has 148 valence electrons. The van der Waals surface area contributed by atoms with Crippen LogP contribution >= 0.6 is 0 Å². The lowest BCUT2D eigenvalue weighted by Gasteiger charge is -2.34. The Morgan fingerprint density at radius 3 is 2.48 bits per heavy atom. The van der Waals surface area contributed by atoms with Crippen molar-refractivity contribution >= 4 is 28.7 Å². The van der Waals surface area contributed by atoms with E-state index in [-0.39, 0.29) is 22.7 Å². The molecule has 2 aromatic heterocycles. The van der Waals surface area contributed by atoms with Gasteiger partial charge in [0, 0.05) is 38.9 Å². The van der Waals surface area contributed by atoms with E-state index in [1.807, 2.05) is 18.2 Å². The number of amides is 2. The van der Waals surface area contributed by atoms with Gasteiger partial charge in [-0.3, -0.25) is 19.3 Å². The molecular formula is C20H19N5O4. The number of carbonyl (C=O) groups is 3. The van der Waals surface area contributed by atoms with E-state index < -0.39 is 11.7 Å². The van der Waals surface area contributed by atoms with E-state index in [1.165, 1.54) is 17.8 Å². The number of hydrogen-bond acceptors (Lipinski definition) is 7. The van der Waals surface area contributed by atoms with Gasteiger partial charge in [0.15, 0.2) is 5.69 Å². The average molecular weight is 393 g/mol. The maximum atomic E-state index is 12.9. The van der Waals surface area contributed by atoms with Gasteiger partial charge in [-0.25, -0.2) is 4.98 Å².